The minimum atomic E-state index is -0.363. The van der Waals surface area contributed by atoms with E-state index in [0.29, 0.717) is 10.7 Å². The molecule has 3 nitrogen and oxygen atoms in total. The number of phenolic OH excluding ortho intramolecular Hbond substituents is 1. The number of hydrogen-bond donors (Lipinski definition) is 2. The lowest BCUT2D eigenvalue weighted by molar-refractivity contribution is 0.102. The highest BCUT2D eigenvalue weighted by molar-refractivity contribution is 6.31. The topological polar surface area (TPSA) is 49.3 Å². The summed E-state index contributed by atoms with van der Waals surface area (Å²) in [6, 6.07) is 11.6. The Hall–Kier alpha value is -2.00. The second kappa shape index (κ2) is 5.10. The van der Waals surface area contributed by atoms with Crippen molar-refractivity contribution < 1.29 is 9.90 Å². The molecule has 0 aliphatic heterocycles. The van der Waals surface area contributed by atoms with Crippen LogP contribution in [0.2, 0.25) is 5.02 Å². The number of benzene rings is 2. The summed E-state index contributed by atoms with van der Waals surface area (Å²) in [4.78, 5) is 12.0. The van der Waals surface area contributed by atoms with Crippen LogP contribution in [-0.4, -0.2) is 11.0 Å². The van der Waals surface area contributed by atoms with Crippen molar-refractivity contribution >= 4 is 23.2 Å². The van der Waals surface area contributed by atoms with Crippen LogP contribution in [-0.2, 0) is 0 Å². The van der Waals surface area contributed by atoms with Crippen LogP contribution in [0.1, 0.15) is 15.9 Å². The van der Waals surface area contributed by atoms with Gasteiger partial charge < -0.3 is 10.4 Å². The smallest absolute Gasteiger partial charge is 0.259 e. The number of para-hydroxylation sites is 1. The van der Waals surface area contributed by atoms with Crippen LogP contribution in [0.15, 0.2) is 42.5 Å². The number of amides is 1. The molecule has 0 unspecified atom stereocenters. The largest absolute Gasteiger partial charge is 0.507 e. The van der Waals surface area contributed by atoms with Crippen LogP contribution in [0.4, 0.5) is 5.69 Å². The number of phenols is 1. The molecule has 0 aromatic heterocycles. The summed E-state index contributed by atoms with van der Waals surface area (Å²) in [5, 5.41) is 12.9. The van der Waals surface area contributed by atoms with E-state index >= 15 is 0 Å². The van der Waals surface area contributed by atoms with E-state index < -0.39 is 0 Å². The first-order valence-electron chi connectivity index (χ1n) is 5.43. The maximum atomic E-state index is 12.0. The number of aryl methyl sites for hydroxylation is 1. The summed E-state index contributed by atoms with van der Waals surface area (Å²) in [6.07, 6.45) is 0. The fourth-order valence-electron chi connectivity index (χ4n) is 1.58. The molecule has 0 radical (unpaired) electrons. The van der Waals surface area contributed by atoms with Gasteiger partial charge in [-0.1, -0.05) is 29.8 Å². The first kappa shape index (κ1) is 12.5. The van der Waals surface area contributed by atoms with Crippen molar-refractivity contribution in [3.8, 4) is 5.75 Å². The minimum absolute atomic E-state index is 0.0466. The molecule has 0 spiro atoms. The van der Waals surface area contributed by atoms with E-state index in [0.717, 1.165) is 5.56 Å². The maximum absolute atomic E-state index is 12.0. The molecule has 0 aliphatic carbocycles. The second-order valence-corrected chi connectivity index (χ2v) is 4.37. The molecule has 18 heavy (non-hydrogen) atoms. The molecule has 0 fully saturated rings. The number of carbonyl (C=O) groups is 1. The molecule has 92 valence electrons. The van der Waals surface area contributed by atoms with Crippen molar-refractivity contribution in [2.75, 3.05) is 5.32 Å². The van der Waals surface area contributed by atoms with Crippen molar-refractivity contribution in [2.24, 2.45) is 0 Å². The normalized spacial score (nSPS) is 10.1. The standard InChI is InChI=1S/C14H12ClNO2/c1-9-6-7-10(15)8-12(9)16-14(18)11-4-2-3-5-13(11)17/h2-8,17H,1H3,(H,16,18). The fraction of sp³-hybridized carbons (Fsp3) is 0.0714. The van der Waals surface area contributed by atoms with Gasteiger partial charge in [-0.3, -0.25) is 4.79 Å². The summed E-state index contributed by atoms with van der Waals surface area (Å²) in [5.41, 5.74) is 1.77. The average Bonchev–Trinajstić information content (AvgIpc) is 2.34. The number of hydrogen-bond acceptors (Lipinski definition) is 2. The van der Waals surface area contributed by atoms with Crippen molar-refractivity contribution in [3.63, 3.8) is 0 Å². The van der Waals surface area contributed by atoms with Gasteiger partial charge >= 0.3 is 0 Å². The highest BCUT2D eigenvalue weighted by Gasteiger charge is 2.11. The van der Waals surface area contributed by atoms with E-state index in [2.05, 4.69) is 5.32 Å². The fourth-order valence-corrected chi connectivity index (χ4v) is 1.76. The Kier molecular flexibility index (Phi) is 3.53. The van der Waals surface area contributed by atoms with Crippen molar-refractivity contribution in [1.29, 1.82) is 0 Å². The second-order valence-electron chi connectivity index (χ2n) is 3.93. The Balaban J connectivity index is 2.27. The van der Waals surface area contributed by atoms with Gasteiger partial charge in [0.2, 0.25) is 0 Å². The van der Waals surface area contributed by atoms with Crippen LogP contribution >= 0.6 is 11.6 Å². The van der Waals surface area contributed by atoms with E-state index in [9.17, 15) is 9.90 Å². The molecule has 2 aromatic rings. The van der Waals surface area contributed by atoms with Crippen molar-refractivity contribution in [3.05, 3.63) is 58.6 Å². The van der Waals surface area contributed by atoms with E-state index in [4.69, 9.17) is 11.6 Å². The molecule has 2 rings (SSSR count). The van der Waals surface area contributed by atoms with Gasteiger partial charge in [0.15, 0.2) is 0 Å². The Labute approximate surface area is 110 Å². The lowest BCUT2D eigenvalue weighted by Gasteiger charge is -2.09. The van der Waals surface area contributed by atoms with Crippen LogP contribution in [0.5, 0.6) is 5.75 Å². The molecular formula is C14H12ClNO2. The van der Waals surface area contributed by atoms with Gasteiger partial charge in [0.05, 0.1) is 5.56 Å². The van der Waals surface area contributed by atoms with Gasteiger partial charge in [0.25, 0.3) is 5.91 Å². The Morgan fingerprint density at radius 3 is 2.67 bits per heavy atom. The number of anilines is 1. The van der Waals surface area contributed by atoms with Crippen molar-refractivity contribution in [1.82, 2.24) is 0 Å². The molecule has 0 bridgehead atoms. The first-order chi connectivity index (χ1) is 8.58. The third kappa shape index (κ3) is 2.63. The summed E-state index contributed by atoms with van der Waals surface area (Å²) in [7, 11) is 0. The van der Waals surface area contributed by atoms with Gasteiger partial charge in [0.1, 0.15) is 5.75 Å². The Morgan fingerprint density at radius 2 is 1.94 bits per heavy atom. The molecule has 2 aromatic carbocycles. The molecule has 4 heteroatoms. The first-order valence-corrected chi connectivity index (χ1v) is 5.81. The van der Waals surface area contributed by atoms with E-state index in [1.807, 2.05) is 13.0 Å². The molecule has 2 N–H and O–H groups in total. The number of nitrogens with one attached hydrogen (secondary N) is 1. The zero-order valence-electron chi connectivity index (χ0n) is 9.77. The minimum Gasteiger partial charge on any atom is -0.507 e. The van der Waals surface area contributed by atoms with E-state index in [1.54, 1.807) is 30.3 Å². The molecule has 0 atom stereocenters. The number of halogens is 1. The lowest BCUT2D eigenvalue weighted by atomic mass is 10.1. The average molecular weight is 262 g/mol. The lowest BCUT2D eigenvalue weighted by Crippen LogP contribution is -2.12. The molecule has 0 heterocycles. The monoisotopic (exact) mass is 261 g/mol. The maximum Gasteiger partial charge on any atom is 0.259 e. The third-order valence-electron chi connectivity index (χ3n) is 2.60. The predicted molar refractivity (Wildman–Crippen MR) is 72.2 cm³/mol. The van der Waals surface area contributed by atoms with Crippen LogP contribution in [0.25, 0.3) is 0 Å². The van der Waals surface area contributed by atoms with Crippen LogP contribution in [0.3, 0.4) is 0 Å². The van der Waals surface area contributed by atoms with Gasteiger partial charge in [-0.2, -0.15) is 0 Å². The van der Waals surface area contributed by atoms with E-state index in [1.165, 1.54) is 6.07 Å². The SMILES string of the molecule is Cc1ccc(Cl)cc1NC(=O)c1ccccc1O. The Bertz CT molecular complexity index is 596. The van der Waals surface area contributed by atoms with Gasteiger partial charge in [0, 0.05) is 10.7 Å². The number of rotatable bonds is 2. The van der Waals surface area contributed by atoms with Gasteiger partial charge in [-0.05, 0) is 36.8 Å². The molecular weight excluding hydrogens is 250 g/mol. The predicted octanol–water partition coefficient (Wildman–Crippen LogP) is 3.61. The van der Waals surface area contributed by atoms with E-state index in [-0.39, 0.29) is 17.2 Å². The van der Waals surface area contributed by atoms with Crippen LogP contribution < -0.4 is 5.32 Å². The zero-order chi connectivity index (χ0) is 13.1. The van der Waals surface area contributed by atoms with Crippen LogP contribution in [0, 0.1) is 6.92 Å². The summed E-state index contributed by atoms with van der Waals surface area (Å²) in [5.74, 6) is -0.409. The van der Waals surface area contributed by atoms with Crippen molar-refractivity contribution in [2.45, 2.75) is 6.92 Å². The van der Waals surface area contributed by atoms with Gasteiger partial charge in [-0.25, -0.2) is 0 Å². The number of aromatic hydroxyl groups is 1. The van der Waals surface area contributed by atoms with Gasteiger partial charge in [-0.15, -0.1) is 0 Å². The number of carbonyl (C=O) groups excluding carboxylic acids is 1. The highest BCUT2D eigenvalue weighted by Crippen LogP contribution is 2.22. The summed E-state index contributed by atoms with van der Waals surface area (Å²) in [6.45, 7) is 1.87. The Morgan fingerprint density at radius 1 is 1.22 bits per heavy atom. The highest BCUT2D eigenvalue weighted by atomic mass is 35.5. The molecule has 1 amide bonds. The molecule has 0 saturated carbocycles. The molecule has 0 saturated heterocycles. The summed E-state index contributed by atoms with van der Waals surface area (Å²) >= 11 is 5.88. The molecule has 0 aliphatic rings. The third-order valence-corrected chi connectivity index (χ3v) is 2.83. The quantitative estimate of drug-likeness (QED) is 0.868. The zero-order valence-corrected chi connectivity index (χ0v) is 10.5. The summed E-state index contributed by atoms with van der Waals surface area (Å²) < 4.78 is 0.